The summed E-state index contributed by atoms with van der Waals surface area (Å²) in [5.74, 6) is -1.24. The molecule has 0 aliphatic heterocycles. The minimum absolute atomic E-state index is 0.00466. The highest BCUT2D eigenvalue weighted by Gasteiger charge is 2.15. The summed E-state index contributed by atoms with van der Waals surface area (Å²) >= 11 is 11.5. The lowest BCUT2D eigenvalue weighted by Crippen LogP contribution is -2.15. The number of amides is 1. The molecule has 0 unspecified atom stereocenters. The summed E-state index contributed by atoms with van der Waals surface area (Å²) in [5, 5.41) is 2.40. The molecule has 0 spiro atoms. The normalized spacial score (nSPS) is 10.3. The van der Waals surface area contributed by atoms with Crippen molar-refractivity contribution >= 4 is 34.9 Å². The van der Waals surface area contributed by atoms with Crippen molar-refractivity contribution < 1.29 is 9.18 Å². The predicted octanol–water partition coefficient (Wildman–Crippen LogP) is 3.48. The van der Waals surface area contributed by atoms with Crippen LogP contribution >= 0.6 is 23.2 Å². The first-order chi connectivity index (χ1) is 8.99. The maximum atomic E-state index is 13.6. The second-order valence-electron chi connectivity index (χ2n) is 3.76. The Morgan fingerprint density at radius 3 is 2.74 bits per heavy atom. The summed E-state index contributed by atoms with van der Waals surface area (Å²) < 4.78 is 13.6. The lowest BCUT2D eigenvalue weighted by Gasteiger charge is -2.07. The van der Waals surface area contributed by atoms with E-state index in [0.717, 1.165) is 11.9 Å². The Morgan fingerprint density at radius 1 is 1.32 bits per heavy atom. The summed E-state index contributed by atoms with van der Waals surface area (Å²) in [4.78, 5) is 19.3. The zero-order valence-electron chi connectivity index (χ0n) is 9.75. The number of benzene rings is 1. The molecule has 4 nitrogen and oxygen atoms in total. The maximum Gasteiger partial charge on any atom is 0.259 e. The summed E-state index contributed by atoms with van der Waals surface area (Å²) in [6, 6.07) is 4.28. The first-order valence-electron chi connectivity index (χ1n) is 5.22. The van der Waals surface area contributed by atoms with Crippen LogP contribution in [0.15, 0.2) is 24.5 Å². The van der Waals surface area contributed by atoms with Crippen LogP contribution in [0.5, 0.6) is 0 Å². The van der Waals surface area contributed by atoms with Gasteiger partial charge in [0.25, 0.3) is 5.91 Å². The molecule has 2 aromatic rings. The standard InChI is InChI=1S/C12H8Cl2FN3O/c1-6-2-3-7(8(15)4-6)12(19)18-11-9(13)10(14)16-5-17-11/h2-5H,1H3,(H,16,17,18,19). The van der Waals surface area contributed by atoms with Crippen molar-refractivity contribution in [2.24, 2.45) is 0 Å². The fraction of sp³-hybridized carbons (Fsp3) is 0.0833. The Bertz CT molecular complexity index is 649. The van der Waals surface area contributed by atoms with Gasteiger partial charge in [0, 0.05) is 0 Å². The minimum Gasteiger partial charge on any atom is -0.305 e. The Kier molecular flexibility index (Phi) is 3.97. The molecule has 0 saturated carbocycles. The Morgan fingerprint density at radius 2 is 2.05 bits per heavy atom. The monoisotopic (exact) mass is 299 g/mol. The van der Waals surface area contributed by atoms with Crippen LogP contribution in [0.1, 0.15) is 15.9 Å². The van der Waals surface area contributed by atoms with E-state index in [-0.39, 0.29) is 21.6 Å². The highest BCUT2D eigenvalue weighted by atomic mass is 35.5. The highest BCUT2D eigenvalue weighted by Crippen LogP contribution is 2.25. The van der Waals surface area contributed by atoms with Gasteiger partial charge in [-0.25, -0.2) is 14.4 Å². The van der Waals surface area contributed by atoms with Gasteiger partial charge in [-0.2, -0.15) is 0 Å². The van der Waals surface area contributed by atoms with Crippen molar-refractivity contribution in [3.63, 3.8) is 0 Å². The molecule has 1 amide bonds. The fourth-order valence-electron chi connectivity index (χ4n) is 1.41. The van der Waals surface area contributed by atoms with Crippen LogP contribution in [0.2, 0.25) is 10.2 Å². The van der Waals surface area contributed by atoms with Gasteiger partial charge in [0.05, 0.1) is 5.56 Å². The van der Waals surface area contributed by atoms with Crippen molar-refractivity contribution in [1.29, 1.82) is 0 Å². The number of nitrogens with one attached hydrogen (secondary N) is 1. The molecule has 0 aliphatic carbocycles. The molecule has 0 radical (unpaired) electrons. The molecule has 7 heteroatoms. The third-order valence-corrected chi connectivity index (χ3v) is 3.09. The van der Waals surface area contributed by atoms with Gasteiger partial charge in [-0.15, -0.1) is 0 Å². The van der Waals surface area contributed by atoms with Crippen molar-refractivity contribution in [2.45, 2.75) is 6.92 Å². The molecular weight excluding hydrogens is 292 g/mol. The molecule has 98 valence electrons. The number of carbonyl (C=O) groups excluding carboxylic acids is 1. The van der Waals surface area contributed by atoms with Crippen LogP contribution in [-0.2, 0) is 0 Å². The molecule has 19 heavy (non-hydrogen) atoms. The first kappa shape index (κ1) is 13.7. The van der Waals surface area contributed by atoms with Gasteiger partial charge in [-0.05, 0) is 24.6 Å². The van der Waals surface area contributed by atoms with E-state index in [4.69, 9.17) is 23.2 Å². The van der Waals surface area contributed by atoms with E-state index in [0.29, 0.717) is 0 Å². The quantitative estimate of drug-likeness (QED) is 0.864. The molecule has 0 atom stereocenters. The van der Waals surface area contributed by atoms with E-state index in [1.54, 1.807) is 13.0 Å². The van der Waals surface area contributed by atoms with Crippen molar-refractivity contribution in [3.05, 3.63) is 51.6 Å². The Labute approximate surface area is 118 Å². The van der Waals surface area contributed by atoms with Gasteiger partial charge < -0.3 is 5.32 Å². The first-order valence-corrected chi connectivity index (χ1v) is 5.98. The summed E-state index contributed by atoms with van der Waals surface area (Å²) in [7, 11) is 0. The van der Waals surface area contributed by atoms with E-state index in [9.17, 15) is 9.18 Å². The van der Waals surface area contributed by atoms with Crippen molar-refractivity contribution in [3.8, 4) is 0 Å². The smallest absolute Gasteiger partial charge is 0.259 e. The number of halogens is 3. The highest BCUT2D eigenvalue weighted by molar-refractivity contribution is 6.43. The molecular formula is C12H8Cl2FN3O. The minimum atomic E-state index is -0.658. The van der Waals surface area contributed by atoms with Crippen LogP contribution in [0.3, 0.4) is 0 Å². The van der Waals surface area contributed by atoms with Crippen molar-refractivity contribution in [2.75, 3.05) is 5.32 Å². The third kappa shape index (κ3) is 3.00. The third-order valence-electron chi connectivity index (χ3n) is 2.35. The van der Waals surface area contributed by atoms with Gasteiger partial charge in [0.2, 0.25) is 0 Å². The number of hydrogen-bond donors (Lipinski definition) is 1. The zero-order valence-corrected chi connectivity index (χ0v) is 11.3. The van der Waals surface area contributed by atoms with Crippen LogP contribution in [-0.4, -0.2) is 15.9 Å². The van der Waals surface area contributed by atoms with Crippen LogP contribution < -0.4 is 5.32 Å². The van der Waals surface area contributed by atoms with Gasteiger partial charge in [0.1, 0.15) is 17.2 Å². The summed E-state index contributed by atoms with van der Waals surface area (Å²) in [6.07, 6.45) is 1.15. The van der Waals surface area contributed by atoms with Gasteiger partial charge >= 0.3 is 0 Å². The zero-order chi connectivity index (χ0) is 14.0. The van der Waals surface area contributed by atoms with Crippen LogP contribution in [0.4, 0.5) is 10.2 Å². The van der Waals surface area contributed by atoms with Gasteiger partial charge in [0.15, 0.2) is 11.0 Å². The second kappa shape index (κ2) is 5.50. The summed E-state index contributed by atoms with van der Waals surface area (Å²) in [5.41, 5.74) is 0.619. The predicted molar refractivity (Wildman–Crippen MR) is 71.1 cm³/mol. The number of nitrogens with zero attached hydrogens (tertiary/aromatic N) is 2. The Balaban J connectivity index is 2.28. The van der Waals surface area contributed by atoms with E-state index >= 15 is 0 Å². The molecule has 0 aliphatic rings. The van der Waals surface area contributed by atoms with E-state index in [2.05, 4.69) is 15.3 Å². The molecule has 0 bridgehead atoms. The van der Waals surface area contributed by atoms with Crippen LogP contribution in [0, 0.1) is 12.7 Å². The number of aryl methyl sites for hydroxylation is 1. The average molecular weight is 300 g/mol. The second-order valence-corrected chi connectivity index (χ2v) is 4.50. The van der Waals surface area contributed by atoms with Gasteiger partial charge in [-0.3, -0.25) is 4.79 Å². The molecule has 0 fully saturated rings. The number of anilines is 1. The average Bonchev–Trinajstić information content (AvgIpc) is 2.34. The SMILES string of the molecule is Cc1ccc(C(=O)Nc2ncnc(Cl)c2Cl)c(F)c1. The van der Waals surface area contributed by atoms with E-state index < -0.39 is 11.7 Å². The molecule has 1 aromatic heterocycles. The Hall–Kier alpha value is -1.72. The lowest BCUT2D eigenvalue weighted by atomic mass is 10.1. The number of hydrogen-bond acceptors (Lipinski definition) is 3. The number of aromatic nitrogens is 2. The number of carbonyl (C=O) groups is 1. The largest absolute Gasteiger partial charge is 0.305 e. The van der Waals surface area contributed by atoms with Crippen LogP contribution in [0.25, 0.3) is 0 Å². The van der Waals surface area contributed by atoms with E-state index in [1.165, 1.54) is 12.1 Å². The molecule has 1 N–H and O–H groups in total. The molecule has 1 heterocycles. The van der Waals surface area contributed by atoms with Crippen molar-refractivity contribution in [1.82, 2.24) is 9.97 Å². The maximum absolute atomic E-state index is 13.6. The lowest BCUT2D eigenvalue weighted by molar-refractivity contribution is 0.102. The topological polar surface area (TPSA) is 54.9 Å². The van der Waals surface area contributed by atoms with E-state index in [1.807, 2.05) is 0 Å². The molecule has 2 rings (SSSR count). The molecule has 1 aromatic carbocycles. The molecule has 0 saturated heterocycles. The summed E-state index contributed by atoms with van der Waals surface area (Å²) in [6.45, 7) is 1.73. The van der Waals surface area contributed by atoms with Gasteiger partial charge in [-0.1, -0.05) is 29.3 Å². The fourth-order valence-corrected chi connectivity index (χ4v) is 1.69. The number of rotatable bonds is 2.